The van der Waals surface area contributed by atoms with Crippen LogP contribution in [0.5, 0.6) is 0 Å². The Bertz CT molecular complexity index is 795. The summed E-state index contributed by atoms with van der Waals surface area (Å²) >= 11 is 0. The molecule has 2 nitrogen and oxygen atoms in total. The third-order valence-electron chi connectivity index (χ3n) is 13.1. The average Bonchev–Trinajstić information content (AvgIpc) is 3.32. The van der Waals surface area contributed by atoms with Crippen molar-refractivity contribution < 1.29 is 10.2 Å². The number of aliphatic hydroxyl groups is 2. The molecule has 0 bridgehead atoms. The Labute approximate surface area is 197 Å². The standard InChI is InChI=1S/C30H50O2/c1-19(2)9-8-10-20(3)21-13-14-28(7)23-12-11-22-26(4,5)24(31)17-25(32)30(22)18-29(23,30)16-15-27(21,28)6/h9,20-25,31-32H,8,10-18H2,1-7H3/t20-,21-,22+,23+,24-,25+,27-,28+,29+,30-/m1/s1. The zero-order valence-corrected chi connectivity index (χ0v) is 22.0. The summed E-state index contributed by atoms with van der Waals surface area (Å²) in [5.41, 5.74) is 2.69. The highest BCUT2D eigenvalue weighted by Gasteiger charge is 2.84. The normalized spacial score (nSPS) is 54.0. The third kappa shape index (κ3) is 2.66. The van der Waals surface area contributed by atoms with Crippen molar-refractivity contribution in [2.75, 3.05) is 0 Å². The molecule has 10 atom stereocenters. The second kappa shape index (κ2) is 7.09. The molecule has 0 radical (unpaired) electrons. The molecule has 182 valence electrons. The van der Waals surface area contributed by atoms with Crippen molar-refractivity contribution in [2.24, 2.45) is 50.7 Å². The SMILES string of the molecule is CC(C)=CCC[C@@H](C)[C@H]1CC[C@@]2(C)[C@@H]3CC[C@H]4C(C)(C)[C@H](O)C[C@H](O)[C@@]45C[C@@]35CC[C@]12C. The lowest BCUT2D eigenvalue weighted by Crippen LogP contribution is -2.61. The van der Waals surface area contributed by atoms with Crippen LogP contribution in [0.15, 0.2) is 11.6 Å². The second-order valence-corrected chi connectivity index (χ2v) is 14.5. The van der Waals surface area contributed by atoms with Crippen LogP contribution in [0.1, 0.15) is 113 Å². The van der Waals surface area contributed by atoms with Crippen molar-refractivity contribution in [3.63, 3.8) is 0 Å². The van der Waals surface area contributed by atoms with Gasteiger partial charge in [-0.1, -0.05) is 46.3 Å². The van der Waals surface area contributed by atoms with Crippen LogP contribution >= 0.6 is 0 Å². The highest BCUT2D eigenvalue weighted by molar-refractivity contribution is 5.32. The van der Waals surface area contributed by atoms with Gasteiger partial charge in [0, 0.05) is 11.8 Å². The molecule has 0 aliphatic heterocycles. The van der Waals surface area contributed by atoms with Gasteiger partial charge < -0.3 is 10.2 Å². The Morgan fingerprint density at radius 3 is 2.28 bits per heavy atom. The first kappa shape index (κ1) is 23.4. The molecule has 2 N–H and O–H groups in total. The fourth-order valence-electron chi connectivity index (χ4n) is 11.1. The van der Waals surface area contributed by atoms with Crippen LogP contribution in [-0.4, -0.2) is 22.4 Å². The summed E-state index contributed by atoms with van der Waals surface area (Å²) in [5.74, 6) is 2.89. The van der Waals surface area contributed by atoms with E-state index in [0.29, 0.717) is 28.6 Å². The van der Waals surface area contributed by atoms with E-state index in [9.17, 15) is 10.2 Å². The predicted octanol–water partition coefficient (Wildman–Crippen LogP) is 7.14. The van der Waals surface area contributed by atoms with Gasteiger partial charge in [0.2, 0.25) is 0 Å². The second-order valence-electron chi connectivity index (χ2n) is 14.5. The minimum absolute atomic E-state index is 0.0625. The first-order valence-corrected chi connectivity index (χ1v) is 13.9. The van der Waals surface area contributed by atoms with E-state index in [1.165, 1.54) is 63.4 Å². The minimum Gasteiger partial charge on any atom is -0.392 e. The smallest absolute Gasteiger partial charge is 0.0629 e. The van der Waals surface area contributed by atoms with E-state index in [1.54, 1.807) is 0 Å². The van der Waals surface area contributed by atoms with Crippen molar-refractivity contribution in [3.05, 3.63) is 11.6 Å². The van der Waals surface area contributed by atoms with Crippen LogP contribution < -0.4 is 0 Å². The molecule has 5 aliphatic carbocycles. The topological polar surface area (TPSA) is 40.5 Å². The molecule has 5 rings (SSSR count). The zero-order chi connectivity index (χ0) is 23.3. The fourth-order valence-corrected chi connectivity index (χ4v) is 11.1. The van der Waals surface area contributed by atoms with Crippen LogP contribution in [0.3, 0.4) is 0 Å². The lowest BCUT2D eigenvalue weighted by Gasteiger charge is -2.64. The van der Waals surface area contributed by atoms with Gasteiger partial charge in [-0.05, 0) is 117 Å². The number of allylic oxidation sites excluding steroid dienone is 2. The van der Waals surface area contributed by atoms with Crippen molar-refractivity contribution in [1.29, 1.82) is 0 Å². The average molecular weight is 443 g/mol. The molecule has 2 spiro atoms. The summed E-state index contributed by atoms with van der Waals surface area (Å²) in [7, 11) is 0. The van der Waals surface area contributed by atoms with Crippen LogP contribution in [0.25, 0.3) is 0 Å². The maximum atomic E-state index is 11.4. The van der Waals surface area contributed by atoms with Crippen LogP contribution in [0.4, 0.5) is 0 Å². The van der Waals surface area contributed by atoms with E-state index in [1.807, 2.05) is 0 Å². The van der Waals surface area contributed by atoms with E-state index in [0.717, 1.165) is 17.8 Å². The Hall–Kier alpha value is -0.340. The van der Waals surface area contributed by atoms with Gasteiger partial charge >= 0.3 is 0 Å². The molecular formula is C30H50O2. The highest BCUT2D eigenvalue weighted by Crippen LogP contribution is 2.89. The number of hydrogen-bond donors (Lipinski definition) is 2. The fraction of sp³-hybridized carbons (Fsp3) is 0.933. The molecule has 0 amide bonds. The molecule has 0 unspecified atom stereocenters. The van der Waals surface area contributed by atoms with Crippen molar-refractivity contribution in [3.8, 4) is 0 Å². The summed E-state index contributed by atoms with van der Waals surface area (Å²) in [6, 6.07) is 0. The Morgan fingerprint density at radius 1 is 0.906 bits per heavy atom. The van der Waals surface area contributed by atoms with Gasteiger partial charge in [-0.25, -0.2) is 0 Å². The minimum atomic E-state index is -0.357. The molecule has 0 saturated heterocycles. The van der Waals surface area contributed by atoms with E-state index in [-0.39, 0.29) is 23.0 Å². The largest absolute Gasteiger partial charge is 0.392 e. The first-order chi connectivity index (χ1) is 14.9. The van der Waals surface area contributed by atoms with Crippen molar-refractivity contribution >= 4 is 0 Å². The molecule has 5 fully saturated rings. The maximum Gasteiger partial charge on any atom is 0.0629 e. The predicted molar refractivity (Wildman–Crippen MR) is 132 cm³/mol. The lowest BCUT2D eigenvalue weighted by atomic mass is 9.41. The van der Waals surface area contributed by atoms with Crippen LogP contribution in [0, 0.1) is 50.7 Å². The van der Waals surface area contributed by atoms with Crippen LogP contribution in [-0.2, 0) is 0 Å². The van der Waals surface area contributed by atoms with Crippen molar-refractivity contribution in [1.82, 2.24) is 0 Å². The van der Waals surface area contributed by atoms with Gasteiger partial charge in [-0.3, -0.25) is 0 Å². The molecule has 0 aromatic rings. The summed E-state index contributed by atoms with van der Waals surface area (Å²) in [6.45, 7) is 16.9. The van der Waals surface area contributed by atoms with E-state index < -0.39 is 0 Å². The van der Waals surface area contributed by atoms with Gasteiger partial charge in [-0.15, -0.1) is 0 Å². The zero-order valence-electron chi connectivity index (χ0n) is 22.0. The summed E-state index contributed by atoms with van der Waals surface area (Å²) in [4.78, 5) is 0. The van der Waals surface area contributed by atoms with Gasteiger partial charge in [0.05, 0.1) is 12.2 Å². The Kier molecular flexibility index (Phi) is 5.19. The molecule has 32 heavy (non-hydrogen) atoms. The number of fused-ring (bicyclic) bond motifs is 2. The van der Waals surface area contributed by atoms with Gasteiger partial charge in [0.1, 0.15) is 0 Å². The molecule has 0 aromatic carbocycles. The quantitative estimate of drug-likeness (QED) is 0.454. The van der Waals surface area contributed by atoms with Crippen LogP contribution in [0.2, 0.25) is 0 Å². The summed E-state index contributed by atoms with van der Waals surface area (Å²) < 4.78 is 0. The first-order valence-electron chi connectivity index (χ1n) is 13.9. The van der Waals surface area contributed by atoms with E-state index >= 15 is 0 Å². The molecule has 5 saturated carbocycles. The molecule has 0 heterocycles. The van der Waals surface area contributed by atoms with E-state index in [2.05, 4.69) is 54.5 Å². The monoisotopic (exact) mass is 442 g/mol. The molecule has 0 aromatic heterocycles. The third-order valence-corrected chi connectivity index (χ3v) is 13.1. The highest BCUT2D eigenvalue weighted by atomic mass is 16.3. The Morgan fingerprint density at radius 2 is 1.59 bits per heavy atom. The summed E-state index contributed by atoms with van der Waals surface area (Å²) in [5, 5.41) is 22.3. The molecule has 5 aliphatic rings. The van der Waals surface area contributed by atoms with Crippen molar-refractivity contribution in [2.45, 2.75) is 125 Å². The molecule has 2 heteroatoms. The van der Waals surface area contributed by atoms with Gasteiger partial charge in [0.15, 0.2) is 0 Å². The maximum absolute atomic E-state index is 11.4. The Balaban J connectivity index is 1.43. The van der Waals surface area contributed by atoms with Gasteiger partial charge in [-0.2, -0.15) is 0 Å². The van der Waals surface area contributed by atoms with Gasteiger partial charge in [0.25, 0.3) is 0 Å². The molecular weight excluding hydrogens is 392 g/mol. The number of hydrogen-bond acceptors (Lipinski definition) is 2. The summed E-state index contributed by atoms with van der Waals surface area (Å²) in [6.07, 6.45) is 14.1. The number of rotatable bonds is 4. The number of aliphatic hydroxyl groups excluding tert-OH is 2. The lowest BCUT2D eigenvalue weighted by molar-refractivity contribution is -0.195. The van der Waals surface area contributed by atoms with E-state index in [4.69, 9.17) is 0 Å².